The fourth-order valence-corrected chi connectivity index (χ4v) is 2.24. The number of hydrogen-bond acceptors (Lipinski definition) is 4. The molecule has 0 bridgehead atoms. The van der Waals surface area contributed by atoms with Gasteiger partial charge in [0.05, 0.1) is 5.75 Å². The average molecular weight is 297 g/mol. The Hall–Kier alpha value is -1.30. The van der Waals surface area contributed by atoms with Crippen molar-refractivity contribution in [2.24, 2.45) is 5.92 Å². The summed E-state index contributed by atoms with van der Waals surface area (Å²) in [6, 6.07) is 1.65. The van der Waals surface area contributed by atoms with E-state index in [1.807, 2.05) is 13.8 Å². The predicted octanol–water partition coefficient (Wildman–Crippen LogP) is 1.98. The van der Waals surface area contributed by atoms with Crippen LogP contribution in [0.15, 0.2) is 16.0 Å². The highest BCUT2D eigenvalue weighted by Gasteiger charge is 2.11. The molecule has 5 nitrogen and oxygen atoms in total. The Morgan fingerprint density at radius 3 is 2.75 bits per heavy atom. The van der Waals surface area contributed by atoms with E-state index in [1.165, 1.54) is 17.8 Å². The molecule has 112 valence electrons. The molecule has 1 aromatic rings. The molecule has 20 heavy (non-hydrogen) atoms. The van der Waals surface area contributed by atoms with E-state index in [1.54, 1.807) is 0 Å². The van der Waals surface area contributed by atoms with Crippen LogP contribution < -0.4 is 10.9 Å². The second-order valence-corrected chi connectivity index (χ2v) is 6.14. The molecule has 0 aromatic carbocycles. The van der Waals surface area contributed by atoms with Gasteiger partial charge in [0.15, 0.2) is 5.16 Å². The Morgan fingerprint density at radius 1 is 1.45 bits per heavy atom. The number of carbonyl (C=O) groups is 1. The van der Waals surface area contributed by atoms with Crippen LogP contribution in [0.5, 0.6) is 0 Å². The van der Waals surface area contributed by atoms with Crippen LogP contribution >= 0.6 is 11.8 Å². The van der Waals surface area contributed by atoms with Gasteiger partial charge in [0.1, 0.15) is 0 Å². The number of amides is 1. The smallest absolute Gasteiger partial charge is 0.251 e. The second-order valence-electron chi connectivity index (χ2n) is 5.18. The summed E-state index contributed by atoms with van der Waals surface area (Å²) in [6.45, 7) is 8.14. The molecule has 1 unspecified atom stereocenters. The molecule has 0 saturated heterocycles. The van der Waals surface area contributed by atoms with E-state index in [0.29, 0.717) is 11.1 Å². The minimum Gasteiger partial charge on any atom is -0.353 e. The van der Waals surface area contributed by atoms with E-state index in [4.69, 9.17) is 0 Å². The molecule has 0 saturated carbocycles. The van der Waals surface area contributed by atoms with Crippen LogP contribution in [0.1, 0.15) is 39.8 Å². The van der Waals surface area contributed by atoms with Crippen LogP contribution in [0.25, 0.3) is 0 Å². The number of aromatic amines is 1. The molecule has 0 radical (unpaired) electrons. The lowest BCUT2D eigenvalue weighted by atomic mass is 10.1. The lowest BCUT2D eigenvalue weighted by Gasteiger charge is -2.17. The molecule has 0 fully saturated rings. The van der Waals surface area contributed by atoms with Crippen molar-refractivity contribution in [1.82, 2.24) is 15.3 Å². The lowest BCUT2D eigenvalue weighted by Crippen LogP contribution is -2.37. The third-order valence-corrected chi connectivity index (χ3v) is 3.88. The number of aryl methyl sites for hydroxylation is 1. The van der Waals surface area contributed by atoms with Crippen LogP contribution in [0, 0.1) is 5.92 Å². The van der Waals surface area contributed by atoms with Crippen molar-refractivity contribution in [2.75, 3.05) is 5.75 Å². The molecular weight excluding hydrogens is 274 g/mol. The first-order valence-corrected chi connectivity index (χ1v) is 7.93. The Bertz CT molecular complexity index is 499. The summed E-state index contributed by atoms with van der Waals surface area (Å²) < 4.78 is 0. The normalized spacial score (nSPS) is 12.4. The molecule has 1 aromatic heterocycles. The van der Waals surface area contributed by atoms with Gasteiger partial charge in [0, 0.05) is 17.8 Å². The number of thioether (sulfide) groups is 1. The summed E-state index contributed by atoms with van der Waals surface area (Å²) in [4.78, 5) is 30.3. The van der Waals surface area contributed by atoms with Crippen LogP contribution in [-0.2, 0) is 11.2 Å². The minimum absolute atomic E-state index is 0.0419. The van der Waals surface area contributed by atoms with E-state index in [0.717, 1.165) is 18.5 Å². The summed E-state index contributed by atoms with van der Waals surface area (Å²) in [6.07, 6.45) is 1.71. The van der Waals surface area contributed by atoms with Gasteiger partial charge in [-0.25, -0.2) is 4.98 Å². The van der Waals surface area contributed by atoms with Gasteiger partial charge in [-0.1, -0.05) is 39.0 Å². The van der Waals surface area contributed by atoms with Crippen LogP contribution in [-0.4, -0.2) is 27.7 Å². The summed E-state index contributed by atoms with van der Waals surface area (Å²) in [5, 5.41) is 3.43. The van der Waals surface area contributed by atoms with Gasteiger partial charge in [-0.15, -0.1) is 0 Å². The highest BCUT2D eigenvalue weighted by Crippen LogP contribution is 2.12. The number of rotatable bonds is 7. The highest BCUT2D eigenvalue weighted by atomic mass is 32.2. The quantitative estimate of drug-likeness (QED) is 0.596. The Labute approximate surface area is 124 Å². The molecule has 0 aliphatic carbocycles. The Morgan fingerprint density at radius 2 is 2.15 bits per heavy atom. The van der Waals surface area contributed by atoms with Gasteiger partial charge in [0.25, 0.3) is 5.56 Å². The molecule has 6 heteroatoms. The number of nitrogens with zero attached hydrogens (tertiary/aromatic N) is 1. The molecular formula is C14H23N3O2S. The Kier molecular flexibility index (Phi) is 6.78. The number of hydrogen-bond donors (Lipinski definition) is 2. The van der Waals surface area contributed by atoms with Crippen molar-refractivity contribution in [1.29, 1.82) is 0 Å². The number of H-pyrrole nitrogens is 1. The molecule has 1 rings (SSSR count). The molecule has 0 aliphatic heterocycles. The van der Waals surface area contributed by atoms with E-state index < -0.39 is 0 Å². The lowest BCUT2D eigenvalue weighted by molar-refractivity contribution is -0.119. The zero-order chi connectivity index (χ0) is 15.1. The average Bonchev–Trinajstić information content (AvgIpc) is 2.36. The number of aromatic nitrogens is 2. The van der Waals surface area contributed by atoms with E-state index in [-0.39, 0.29) is 23.3 Å². The zero-order valence-corrected chi connectivity index (χ0v) is 13.3. The maximum Gasteiger partial charge on any atom is 0.251 e. The van der Waals surface area contributed by atoms with Gasteiger partial charge in [0.2, 0.25) is 5.91 Å². The van der Waals surface area contributed by atoms with Crippen LogP contribution in [0.2, 0.25) is 0 Å². The zero-order valence-electron chi connectivity index (χ0n) is 12.5. The molecule has 1 heterocycles. The van der Waals surface area contributed by atoms with Crippen molar-refractivity contribution in [2.45, 2.75) is 51.7 Å². The van der Waals surface area contributed by atoms with Gasteiger partial charge in [-0.05, 0) is 19.3 Å². The first kappa shape index (κ1) is 16.8. The third kappa shape index (κ3) is 5.77. The maximum absolute atomic E-state index is 11.8. The molecule has 0 aliphatic rings. The Balaban J connectivity index is 2.57. The fourth-order valence-electron chi connectivity index (χ4n) is 1.53. The number of carbonyl (C=O) groups excluding carboxylic acids is 1. The standard InChI is InChI=1S/C14H23N3O2S/c1-5-6-11-7-12(18)17-14(16-11)20-8-13(19)15-10(4)9(2)3/h7,9-10H,5-6,8H2,1-4H3,(H,15,19)(H,16,17,18). The summed E-state index contributed by atoms with van der Waals surface area (Å²) in [5.41, 5.74) is 0.608. The van der Waals surface area contributed by atoms with Gasteiger partial charge in [-0.2, -0.15) is 0 Å². The molecule has 1 amide bonds. The summed E-state index contributed by atoms with van der Waals surface area (Å²) in [7, 11) is 0. The van der Waals surface area contributed by atoms with Crippen LogP contribution in [0.4, 0.5) is 0 Å². The summed E-state index contributed by atoms with van der Waals surface area (Å²) in [5.74, 6) is 0.616. The van der Waals surface area contributed by atoms with Crippen LogP contribution in [0.3, 0.4) is 0 Å². The van der Waals surface area contributed by atoms with Crippen molar-refractivity contribution >= 4 is 17.7 Å². The predicted molar refractivity (Wildman–Crippen MR) is 82.0 cm³/mol. The van der Waals surface area contributed by atoms with Gasteiger partial charge >= 0.3 is 0 Å². The van der Waals surface area contributed by atoms with E-state index in [9.17, 15) is 9.59 Å². The first-order chi connectivity index (χ1) is 9.42. The SMILES string of the molecule is CCCc1cc(=O)[nH]c(SCC(=O)NC(C)C(C)C)n1. The highest BCUT2D eigenvalue weighted by molar-refractivity contribution is 7.99. The van der Waals surface area contributed by atoms with E-state index >= 15 is 0 Å². The third-order valence-electron chi connectivity index (χ3n) is 3.01. The van der Waals surface area contributed by atoms with Crippen molar-refractivity contribution < 1.29 is 4.79 Å². The van der Waals surface area contributed by atoms with Crippen molar-refractivity contribution in [3.05, 3.63) is 22.1 Å². The monoisotopic (exact) mass is 297 g/mol. The van der Waals surface area contributed by atoms with E-state index in [2.05, 4.69) is 29.1 Å². The van der Waals surface area contributed by atoms with Gasteiger partial charge in [-0.3, -0.25) is 9.59 Å². The fraction of sp³-hybridized carbons (Fsp3) is 0.643. The van der Waals surface area contributed by atoms with Crippen molar-refractivity contribution in [3.63, 3.8) is 0 Å². The largest absolute Gasteiger partial charge is 0.353 e. The molecule has 0 spiro atoms. The first-order valence-electron chi connectivity index (χ1n) is 6.94. The summed E-state index contributed by atoms with van der Waals surface area (Å²) >= 11 is 1.26. The molecule has 1 atom stereocenters. The minimum atomic E-state index is -0.165. The molecule has 2 N–H and O–H groups in total. The van der Waals surface area contributed by atoms with Gasteiger partial charge < -0.3 is 10.3 Å². The second kappa shape index (κ2) is 8.09. The van der Waals surface area contributed by atoms with Crippen molar-refractivity contribution in [3.8, 4) is 0 Å². The topological polar surface area (TPSA) is 74.8 Å². The maximum atomic E-state index is 11.8. The number of nitrogens with one attached hydrogen (secondary N) is 2.